The van der Waals surface area contributed by atoms with Crippen molar-refractivity contribution in [3.63, 3.8) is 0 Å². The number of esters is 1. The molecular weight excluding hydrogens is 598 g/mol. The number of hydrogen-bond donors (Lipinski definition) is 0. The fourth-order valence-electron chi connectivity index (χ4n) is 5.97. The predicted molar refractivity (Wildman–Crippen MR) is 173 cm³/mol. The summed E-state index contributed by atoms with van der Waals surface area (Å²) in [4.78, 5) is 32.1. The van der Waals surface area contributed by atoms with Crippen molar-refractivity contribution < 1.29 is 29.0 Å². The van der Waals surface area contributed by atoms with Gasteiger partial charge in [-0.05, 0) is 90.6 Å². The molecule has 3 aromatic heterocycles. The molecule has 0 N–H and O–H groups in total. The first kappa shape index (κ1) is 29.2. The fraction of sp³-hybridized carbons (Fsp3) is 0.108. The van der Waals surface area contributed by atoms with Gasteiger partial charge in [0.25, 0.3) is 0 Å². The Balaban J connectivity index is 0.00000343. The van der Waals surface area contributed by atoms with Gasteiger partial charge in [-0.2, -0.15) is 0 Å². The largest absolute Gasteiger partial charge is 2.00 e. The van der Waals surface area contributed by atoms with Gasteiger partial charge in [-0.15, -0.1) is 22.1 Å². The third-order valence-corrected chi connectivity index (χ3v) is 7.78. The topological polar surface area (TPSA) is 80.3 Å². The number of ether oxygens (including phenoxy) is 1. The molecule has 0 spiro atoms. The molecule has 2 aromatic carbocycles. The van der Waals surface area contributed by atoms with Gasteiger partial charge in [-0.25, -0.2) is 14.8 Å². The molecule has 0 aliphatic carbocycles. The summed E-state index contributed by atoms with van der Waals surface area (Å²) >= 11 is 0. The van der Waals surface area contributed by atoms with E-state index in [2.05, 4.69) is 45.0 Å². The summed E-state index contributed by atoms with van der Waals surface area (Å²) in [7, 11) is 1.38. The van der Waals surface area contributed by atoms with Gasteiger partial charge in [0.15, 0.2) is 0 Å². The van der Waals surface area contributed by atoms with Crippen molar-refractivity contribution in [2.75, 3.05) is 7.11 Å². The number of aryl methyl sites for hydroxylation is 3. The monoisotopic (exact) mass is 624 g/mol. The Bertz CT molecular complexity index is 2150. The number of fused-ring (bicyclic) bond motifs is 8. The summed E-state index contributed by atoms with van der Waals surface area (Å²) in [6.45, 7) is 6.42. The molecule has 6 nitrogen and oxygen atoms in total. The van der Waals surface area contributed by atoms with Crippen LogP contribution in [0.2, 0.25) is 0 Å². The van der Waals surface area contributed by atoms with Gasteiger partial charge in [-0.1, -0.05) is 66.2 Å². The number of carbonyl (C=O) groups excluding carboxylic acids is 1. The maximum atomic E-state index is 12.0. The van der Waals surface area contributed by atoms with Crippen molar-refractivity contribution in [3.05, 3.63) is 118 Å². The van der Waals surface area contributed by atoms with E-state index in [0.29, 0.717) is 5.56 Å². The normalized spacial score (nSPS) is 11.8. The van der Waals surface area contributed by atoms with Gasteiger partial charge in [0, 0.05) is 0 Å². The van der Waals surface area contributed by atoms with Crippen LogP contribution in [0.4, 0.5) is 0 Å². The molecule has 7 heteroatoms. The van der Waals surface area contributed by atoms with Crippen LogP contribution in [0.25, 0.3) is 68.6 Å². The number of rotatable bonds is 3. The number of aromatic nitrogens is 4. The third kappa shape index (κ3) is 5.36. The Labute approximate surface area is 268 Å². The molecule has 2 aliphatic heterocycles. The van der Waals surface area contributed by atoms with E-state index in [-0.39, 0.29) is 25.4 Å². The molecule has 0 saturated carbocycles. The minimum atomic E-state index is -0.377. The first-order valence-corrected chi connectivity index (χ1v) is 14.1. The second kappa shape index (κ2) is 11.7. The first-order valence-electron chi connectivity index (χ1n) is 14.1. The van der Waals surface area contributed by atoms with E-state index in [9.17, 15) is 4.79 Å². The SMILES string of the molecule is COC(=O)c1ccc(-c2c3nc(cc4ccc([n-]4)c(-c4c(C)cc(C)cc4C)c4nc(cc5ccc2[n-]5)C=C4)C=C3)cc1.[Zn+2]. The molecule has 7 rings (SSSR count). The Morgan fingerprint density at radius 2 is 1.16 bits per heavy atom. The van der Waals surface area contributed by atoms with Crippen LogP contribution >= 0.6 is 0 Å². The Kier molecular flexibility index (Phi) is 7.75. The molecule has 5 aromatic rings. The van der Waals surface area contributed by atoms with E-state index >= 15 is 0 Å². The van der Waals surface area contributed by atoms with Crippen LogP contribution in [0.5, 0.6) is 0 Å². The van der Waals surface area contributed by atoms with E-state index in [1.807, 2.05) is 60.7 Å². The van der Waals surface area contributed by atoms with Crippen molar-refractivity contribution in [2.45, 2.75) is 20.8 Å². The number of methoxy groups -OCH3 is 1. The summed E-state index contributed by atoms with van der Waals surface area (Å²) in [6, 6.07) is 23.8. The van der Waals surface area contributed by atoms with Crippen molar-refractivity contribution in [1.29, 1.82) is 0 Å². The maximum Gasteiger partial charge on any atom is 2.00 e. The van der Waals surface area contributed by atoms with Crippen molar-refractivity contribution in [1.82, 2.24) is 19.9 Å². The van der Waals surface area contributed by atoms with Crippen LogP contribution in [0.1, 0.15) is 49.8 Å². The van der Waals surface area contributed by atoms with E-state index in [4.69, 9.17) is 24.7 Å². The number of carbonyl (C=O) groups is 1. The molecule has 2 aliphatic rings. The number of hydrogen-bond acceptors (Lipinski definition) is 4. The van der Waals surface area contributed by atoms with Crippen LogP contribution in [-0.4, -0.2) is 23.0 Å². The van der Waals surface area contributed by atoms with Crippen LogP contribution in [0, 0.1) is 20.8 Å². The zero-order chi connectivity index (χ0) is 29.7. The molecule has 0 atom stereocenters. The minimum Gasteiger partial charge on any atom is -0.657 e. The molecule has 210 valence electrons. The van der Waals surface area contributed by atoms with Crippen LogP contribution in [-0.2, 0) is 24.2 Å². The molecule has 0 saturated heterocycles. The van der Waals surface area contributed by atoms with Crippen LogP contribution in [0.15, 0.2) is 72.8 Å². The van der Waals surface area contributed by atoms with Crippen molar-refractivity contribution >= 4 is 52.3 Å². The van der Waals surface area contributed by atoms with E-state index in [1.165, 1.54) is 23.8 Å². The third-order valence-electron chi connectivity index (χ3n) is 7.78. The standard InChI is InChI=1S/C37H29N4O2.Zn/c1-21-17-22(2)34(23(3)18-21)36-32-15-11-28(40-32)19-26-9-13-30(38-26)35(24-5-7-25(8-6-24)37(42)43-4)31-14-10-27(39-31)20-29-12-16-33(36)41-29;/h5-20H,1-4H3,(H-,38,39,40,41,42);/q-1;+2/p-1. The average molecular weight is 626 g/mol. The van der Waals surface area contributed by atoms with Gasteiger partial charge in [0.1, 0.15) is 0 Å². The van der Waals surface area contributed by atoms with E-state index in [1.54, 1.807) is 12.1 Å². The fourth-order valence-corrected chi connectivity index (χ4v) is 5.97. The molecule has 8 bridgehead atoms. The molecule has 5 heterocycles. The molecule has 0 unspecified atom stereocenters. The van der Waals surface area contributed by atoms with Gasteiger partial charge in [-0.3, -0.25) is 0 Å². The van der Waals surface area contributed by atoms with Gasteiger partial charge in [0.05, 0.1) is 35.4 Å². The van der Waals surface area contributed by atoms with Gasteiger partial charge < -0.3 is 14.7 Å². The molecule has 44 heavy (non-hydrogen) atoms. The summed E-state index contributed by atoms with van der Waals surface area (Å²) in [6.07, 6.45) is 8.07. The van der Waals surface area contributed by atoms with Crippen LogP contribution in [0.3, 0.4) is 0 Å². The van der Waals surface area contributed by atoms with Gasteiger partial charge >= 0.3 is 25.4 Å². The number of nitrogens with zero attached hydrogens (tertiary/aromatic N) is 4. The molecule has 0 fully saturated rings. The molecule has 0 amide bonds. The second-order valence-corrected chi connectivity index (χ2v) is 10.9. The van der Waals surface area contributed by atoms with Crippen molar-refractivity contribution in [2.24, 2.45) is 0 Å². The van der Waals surface area contributed by atoms with Crippen LogP contribution < -0.4 is 9.97 Å². The summed E-state index contributed by atoms with van der Waals surface area (Å²) in [5.41, 5.74) is 14.6. The summed E-state index contributed by atoms with van der Waals surface area (Å²) in [5, 5.41) is 0. The van der Waals surface area contributed by atoms with E-state index < -0.39 is 0 Å². The summed E-state index contributed by atoms with van der Waals surface area (Å²) < 4.78 is 4.88. The minimum absolute atomic E-state index is 0. The quantitative estimate of drug-likeness (QED) is 0.146. The zero-order valence-electron chi connectivity index (χ0n) is 25.1. The second-order valence-electron chi connectivity index (χ2n) is 10.9. The average Bonchev–Trinajstić information content (AvgIpc) is 3.81. The smallest absolute Gasteiger partial charge is 0.657 e. The molecule has 0 radical (unpaired) electrons. The maximum absolute atomic E-state index is 12.0. The van der Waals surface area contributed by atoms with E-state index in [0.717, 1.165) is 67.1 Å². The molecular formula is C37H28N4O2Zn. The first-order chi connectivity index (χ1) is 20.9. The van der Waals surface area contributed by atoms with Crippen molar-refractivity contribution in [3.8, 4) is 22.3 Å². The Morgan fingerprint density at radius 3 is 1.70 bits per heavy atom. The summed E-state index contributed by atoms with van der Waals surface area (Å²) in [5.74, 6) is -0.377. The Hall–Kier alpha value is -4.87. The predicted octanol–water partition coefficient (Wildman–Crippen LogP) is 7.96. The number of benzene rings is 2. The Morgan fingerprint density at radius 1 is 0.636 bits per heavy atom. The zero-order valence-corrected chi connectivity index (χ0v) is 28.0. The van der Waals surface area contributed by atoms with Gasteiger partial charge in [0.2, 0.25) is 0 Å².